The summed E-state index contributed by atoms with van der Waals surface area (Å²) in [6, 6.07) is 17.3. The third-order valence-electron chi connectivity index (χ3n) is 5.32. The molecule has 6 heteroatoms. The average Bonchev–Trinajstić information content (AvgIpc) is 3.40. The minimum absolute atomic E-state index is 0.0673. The molecule has 2 aromatic carbocycles. The van der Waals surface area contributed by atoms with Gasteiger partial charge in [-0.2, -0.15) is 0 Å². The molecule has 6 nitrogen and oxygen atoms in total. The molecule has 0 aliphatic carbocycles. The van der Waals surface area contributed by atoms with Crippen LogP contribution in [-0.4, -0.2) is 17.4 Å². The van der Waals surface area contributed by atoms with Crippen molar-refractivity contribution < 1.29 is 18.4 Å². The second kappa shape index (κ2) is 7.65. The van der Waals surface area contributed by atoms with Gasteiger partial charge in [0.15, 0.2) is 5.43 Å². The number of hydrogen-bond donors (Lipinski definition) is 0. The summed E-state index contributed by atoms with van der Waals surface area (Å²) in [6.45, 7) is 4.22. The van der Waals surface area contributed by atoms with Crippen LogP contribution in [0.5, 0.6) is 5.75 Å². The molecular formula is C25H19NO5. The highest BCUT2D eigenvalue weighted by atomic mass is 16.5. The summed E-state index contributed by atoms with van der Waals surface area (Å²) in [7, 11) is 0. The fourth-order valence-corrected chi connectivity index (χ4v) is 3.98. The normalized spacial score (nSPS) is 15.3. The molecule has 1 aliphatic rings. The third-order valence-corrected chi connectivity index (χ3v) is 5.32. The van der Waals surface area contributed by atoms with E-state index in [1.807, 2.05) is 24.3 Å². The number of fused-ring (bicyclic) bond motifs is 2. The Labute approximate surface area is 178 Å². The van der Waals surface area contributed by atoms with E-state index in [4.69, 9.17) is 13.6 Å². The summed E-state index contributed by atoms with van der Waals surface area (Å²) in [6.07, 6.45) is 3.21. The molecule has 0 fully saturated rings. The highest BCUT2D eigenvalue weighted by Gasteiger charge is 2.43. The van der Waals surface area contributed by atoms with Gasteiger partial charge in [0.25, 0.3) is 5.91 Å². The lowest BCUT2D eigenvalue weighted by Crippen LogP contribution is -2.29. The van der Waals surface area contributed by atoms with Crippen molar-refractivity contribution in [3.05, 3.63) is 112 Å². The molecular weight excluding hydrogens is 394 g/mol. The first-order chi connectivity index (χ1) is 15.2. The highest BCUT2D eigenvalue weighted by molar-refractivity contribution is 5.99. The van der Waals surface area contributed by atoms with Gasteiger partial charge in [-0.3, -0.25) is 9.59 Å². The fraction of sp³-hybridized carbons (Fsp3) is 0.120. The molecule has 0 saturated carbocycles. The van der Waals surface area contributed by atoms with Crippen LogP contribution in [0.4, 0.5) is 0 Å². The predicted octanol–water partition coefficient (Wildman–Crippen LogP) is 4.70. The lowest BCUT2D eigenvalue weighted by atomic mass is 9.98. The summed E-state index contributed by atoms with van der Waals surface area (Å²) in [4.78, 5) is 28.4. The van der Waals surface area contributed by atoms with Crippen LogP contribution in [0.1, 0.15) is 33.5 Å². The molecule has 154 valence electrons. The Balaban J connectivity index is 1.69. The van der Waals surface area contributed by atoms with Gasteiger partial charge in [0, 0.05) is 0 Å². The quantitative estimate of drug-likeness (QED) is 0.429. The average molecular weight is 413 g/mol. The van der Waals surface area contributed by atoms with Gasteiger partial charge in [0.1, 0.15) is 23.7 Å². The standard InChI is InChI=1S/C25H19NO5/c1-2-12-29-17-8-5-7-16(14-17)22-21-23(27)19-10-3-4-11-20(19)31-24(21)25(28)26(22)15-18-9-6-13-30-18/h2-11,13-14,22H,1,12,15H2. The van der Waals surface area contributed by atoms with Crippen molar-refractivity contribution in [3.8, 4) is 5.75 Å². The largest absolute Gasteiger partial charge is 0.490 e. The zero-order chi connectivity index (χ0) is 21.4. The molecule has 5 rings (SSSR count). The summed E-state index contributed by atoms with van der Waals surface area (Å²) in [5.41, 5.74) is 1.26. The van der Waals surface area contributed by atoms with E-state index in [1.165, 1.54) is 0 Å². The van der Waals surface area contributed by atoms with Crippen LogP contribution in [0.2, 0.25) is 0 Å². The van der Waals surface area contributed by atoms with Gasteiger partial charge in [0.2, 0.25) is 5.76 Å². The number of ether oxygens (including phenoxy) is 1. The van der Waals surface area contributed by atoms with E-state index < -0.39 is 6.04 Å². The molecule has 2 aromatic heterocycles. The molecule has 0 radical (unpaired) electrons. The summed E-state index contributed by atoms with van der Waals surface area (Å²) < 4.78 is 17.1. The monoisotopic (exact) mass is 413 g/mol. The van der Waals surface area contributed by atoms with E-state index in [0.717, 1.165) is 5.56 Å². The topological polar surface area (TPSA) is 72.9 Å². The van der Waals surface area contributed by atoms with Gasteiger partial charge in [-0.15, -0.1) is 0 Å². The Morgan fingerprint density at radius 1 is 1.06 bits per heavy atom. The lowest BCUT2D eigenvalue weighted by molar-refractivity contribution is 0.0701. The minimum atomic E-state index is -0.624. The van der Waals surface area contributed by atoms with Gasteiger partial charge in [-0.25, -0.2) is 0 Å². The van der Waals surface area contributed by atoms with E-state index in [9.17, 15) is 9.59 Å². The molecule has 3 heterocycles. The molecule has 1 amide bonds. The van der Waals surface area contributed by atoms with Gasteiger partial charge < -0.3 is 18.5 Å². The van der Waals surface area contributed by atoms with E-state index >= 15 is 0 Å². The van der Waals surface area contributed by atoms with Crippen LogP contribution in [0.25, 0.3) is 11.0 Å². The summed E-state index contributed by atoms with van der Waals surface area (Å²) in [5, 5.41) is 0.443. The molecule has 0 N–H and O–H groups in total. The molecule has 1 aliphatic heterocycles. The fourth-order valence-electron chi connectivity index (χ4n) is 3.98. The number of amides is 1. The second-order valence-electron chi connectivity index (χ2n) is 7.26. The number of benzene rings is 2. The lowest BCUT2D eigenvalue weighted by Gasteiger charge is -2.24. The first-order valence-corrected chi connectivity index (χ1v) is 9.90. The van der Waals surface area contributed by atoms with Crippen molar-refractivity contribution in [3.63, 3.8) is 0 Å². The maximum absolute atomic E-state index is 13.4. The van der Waals surface area contributed by atoms with Crippen molar-refractivity contribution >= 4 is 16.9 Å². The molecule has 1 unspecified atom stereocenters. The Hall–Kier alpha value is -4.06. The first kappa shape index (κ1) is 18.9. The summed E-state index contributed by atoms with van der Waals surface area (Å²) >= 11 is 0. The van der Waals surface area contributed by atoms with Crippen molar-refractivity contribution in [2.45, 2.75) is 12.6 Å². The van der Waals surface area contributed by atoms with Crippen molar-refractivity contribution in [2.24, 2.45) is 0 Å². The van der Waals surface area contributed by atoms with Gasteiger partial charge in [-0.1, -0.05) is 36.9 Å². The number of hydrogen-bond acceptors (Lipinski definition) is 5. The first-order valence-electron chi connectivity index (χ1n) is 9.90. The van der Waals surface area contributed by atoms with Gasteiger partial charge in [-0.05, 0) is 42.0 Å². The number of para-hydroxylation sites is 1. The van der Waals surface area contributed by atoms with Crippen LogP contribution in [0.3, 0.4) is 0 Å². The minimum Gasteiger partial charge on any atom is -0.490 e. The highest BCUT2D eigenvalue weighted by Crippen LogP contribution is 2.40. The number of furan rings is 1. The maximum Gasteiger partial charge on any atom is 0.291 e. The maximum atomic E-state index is 13.4. The molecule has 4 aromatic rings. The third kappa shape index (κ3) is 3.22. The molecule has 1 atom stereocenters. The SMILES string of the molecule is C=CCOc1cccc(C2c3c(oc4ccccc4c3=O)C(=O)N2Cc2ccco2)c1. The van der Waals surface area contributed by atoms with Crippen LogP contribution in [0, 0.1) is 0 Å². The number of carbonyl (C=O) groups excluding carboxylic acids is 1. The van der Waals surface area contributed by atoms with E-state index in [0.29, 0.717) is 34.6 Å². The zero-order valence-electron chi connectivity index (χ0n) is 16.6. The molecule has 0 saturated heterocycles. The second-order valence-corrected chi connectivity index (χ2v) is 7.26. The molecule has 0 spiro atoms. The van der Waals surface area contributed by atoms with E-state index in [-0.39, 0.29) is 23.6 Å². The van der Waals surface area contributed by atoms with Crippen LogP contribution >= 0.6 is 0 Å². The van der Waals surface area contributed by atoms with Gasteiger partial charge in [0.05, 0.1) is 29.8 Å². The van der Waals surface area contributed by atoms with E-state index in [2.05, 4.69) is 6.58 Å². The van der Waals surface area contributed by atoms with Gasteiger partial charge >= 0.3 is 0 Å². The van der Waals surface area contributed by atoms with Crippen LogP contribution in [0.15, 0.2) is 93.2 Å². The van der Waals surface area contributed by atoms with Crippen LogP contribution < -0.4 is 10.2 Å². The molecule has 31 heavy (non-hydrogen) atoms. The summed E-state index contributed by atoms with van der Waals surface area (Å²) in [5.74, 6) is 0.956. The number of nitrogens with zero attached hydrogens (tertiary/aromatic N) is 1. The Kier molecular flexibility index (Phi) is 4.67. The molecule has 0 bridgehead atoms. The van der Waals surface area contributed by atoms with Crippen molar-refractivity contribution in [2.75, 3.05) is 6.61 Å². The van der Waals surface area contributed by atoms with Crippen molar-refractivity contribution in [1.29, 1.82) is 0 Å². The zero-order valence-corrected chi connectivity index (χ0v) is 16.6. The Morgan fingerprint density at radius 3 is 2.74 bits per heavy atom. The Morgan fingerprint density at radius 2 is 1.94 bits per heavy atom. The smallest absolute Gasteiger partial charge is 0.291 e. The van der Waals surface area contributed by atoms with E-state index in [1.54, 1.807) is 53.6 Å². The number of carbonyl (C=O) groups is 1. The van der Waals surface area contributed by atoms with Crippen LogP contribution in [-0.2, 0) is 6.54 Å². The number of rotatable bonds is 6. The predicted molar refractivity (Wildman–Crippen MR) is 115 cm³/mol. The van der Waals surface area contributed by atoms with Crippen molar-refractivity contribution in [1.82, 2.24) is 4.90 Å². The Bertz CT molecular complexity index is 1340.